The molecule has 1 saturated heterocycles. The summed E-state index contributed by atoms with van der Waals surface area (Å²) in [6.45, 7) is 0.668. The summed E-state index contributed by atoms with van der Waals surface area (Å²) >= 11 is 0. The third-order valence-corrected chi connectivity index (χ3v) is 8.40. The Kier molecular flexibility index (Phi) is 7.62. The molecule has 0 saturated carbocycles. The first-order valence-electron chi connectivity index (χ1n) is 9.79. The first-order valence-corrected chi connectivity index (χ1v) is 12.7. The number of hydrogen-bond donors (Lipinski definition) is 1. The van der Waals surface area contributed by atoms with Crippen molar-refractivity contribution in [2.45, 2.75) is 9.79 Å². The lowest BCUT2D eigenvalue weighted by molar-refractivity contribution is 0.0697. The third-order valence-electron chi connectivity index (χ3n) is 4.99. The van der Waals surface area contributed by atoms with Crippen molar-refractivity contribution < 1.29 is 30.8 Å². The fraction of sp³-hybridized carbons (Fsp3) is 0.350. The van der Waals surface area contributed by atoms with Gasteiger partial charge in [-0.2, -0.15) is 4.31 Å². The van der Waals surface area contributed by atoms with Crippen molar-refractivity contribution in [3.05, 3.63) is 59.9 Å². The summed E-state index contributed by atoms with van der Waals surface area (Å²) in [6, 6.07) is 10.7. The lowest BCUT2D eigenvalue weighted by Gasteiger charge is -2.34. The van der Waals surface area contributed by atoms with Crippen LogP contribution in [0.3, 0.4) is 0 Å². The van der Waals surface area contributed by atoms with Gasteiger partial charge in [0, 0.05) is 45.4 Å². The molecule has 12 heteroatoms. The summed E-state index contributed by atoms with van der Waals surface area (Å²) in [6.07, 6.45) is 0. The molecule has 0 bridgehead atoms. The highest BCUT2D eigenvalue weighted by Gasteiger charge is 2.32. The summed E-state index contributed by atoms with van der Waals surface area (Å²) < 4.78 is 72.1. The molecular formula is C20H24FN3O6S2. The molecule has 1 fully saturated rings. The Balaban J connectivity index is 1.64. The Labute approximate surface area is 186 Å². The minimum Gasteiger partial charge on any atom is -0.383 e. The molecule has 1 aliphatic heterocycles. The molecule has 0 aromatic heterocycles. The lowest BCUT2D eigenvalue weighted by atomic mass is 10.2. The number of halogens is 1. The molecule has 2 aromatic rings. The Bertz CT molecular complexity index is 1160. The number of nitrogens with one attached hydrogen (secondary N) is 1. The van der Waals surface area contributed by atoms with Crippen molar-refractivity contribution >= 4 is 26.0 Å². The Morgan fingerprint density at radius 1 is 1.00 bits per heavy atom. The predicted molar refractivity (Wildman–Crippen MR) is 115 cm³/mol. The van der Waals surface area contributed by atoms with Crippen LogP contribution in [0.25, 0.3) is 0 Å². The summed E-state index contributed by atoms with van der Waals surface area (Å²) in [7, 11) is -6.25. The number of amides is 1. The summed E-state index contributed by atoms with van der Waals surface area (Å²) in [5, 5.41) is 0. The Hall–Kier alpha value is -2.38. The molecule has 0 unspecified atom stereocenters. The van der Waals surface area contributed by atoms with E-state index in [1.54, 1.807) is 0 Å². The van der Waals surface area contributed by atoms with Gasteiger partial charge in [-0.1, -0.05) is 12.1 Å². The molecule has 32 heavy (non-hydrogen) atoms. The van der Waals surface area contributed by atoms with E-state index in [0.717, 1.165) is 10.4 Å². The molecule has 1 amide bonds. The van der Waals surface area contributed by atoms with Gasteiger partial charge in [0.05, 0.1) is 11.5 Å². The number of benzene rings is 2. The molecule has 0 atom stereocenters. The van der Waals surface area contributed by atoms with Crippen LogP contribution in [0.2, 0.25) is 0 Å². The van der Waals surface area contributed by atoms with Gasteiger partial charge in [-0.3, -0.25) is 4.79 Å². The Morgan fingerprint density at radius 2 is 1.62 bits per heavy atom. The molecular weight excluding hydrogens is 461 g/mol. The van der Waals surface area contributed by atoms with Crippen molar-refractivity contribution in [3.63, 3.8) is 0 Å². The van der Waals surface area contributed by atoms with E-state index >= 15 is 0 Å². The zero-order valence-corrected chi connectivity index (χ0v) is 19.0. The number of sulfonamides is 2. The van der Waals surface area contributed by atoms with Crippen LogP contribution in [-0.2, 0) is 24.8 Å². The quantitative estimate of drug-likeness (QED) is 0.556. The van der Waals surface area contributed by atoms with Gasteiger partial charge in [-0.15, -0.1) is 0 Å². The predicted octanol–water partition coefficient (Wildman–Crippen LogP) is 0.897. The Morgan fingerprint density at radius 3 is 2.22 bits per heavy atom. The van der Waals surface area contributed by atoms with Crippen molar-refractivity contribution in [1.82, 2.24) is 13.9 Å². The van der Waals surface area contributed by atoms with Crippen molar-refractivity contribution in [3.8, 4) is 0 Å². The van der Waals surface area contributed by atoms with Gasteiger partial charge in [0.2, 0.25) is 20.0 Å². The molecule has 1 N–H and O–H groups in total. The van der Waals surface area contributed by atoms with Crippen LogP contribution in [0.15, 0.2) is 58.3 Å². The van der Waals surface area contributed by atoms with E-state index in [0.29, 0.717) is 0 Å². The van der Waals surface area contributed by atoms with Crippen molar-refractivity contribution in [2.24, 2.45) is 0 Å². The lowest BCUT2D eigenvalue weighted by Crippen LogP contribution is -2.50. The number of hydrogen-bond acceptors (Lipinski definition) is 6. The molecule has 1 aliphatic rings. The SMILES string of the molecule is COCCNS(=O)(=O)c1ccc(C(=O)N2CCN(S(=O)(=O)c3ccccc3F)CC2)cc1. The molecule has 1 heterocycles. The number of methoxy groups -OCH3 is 1. The van der Waals surface area contributed by atoms with Crippen LogP contribution in [0.4, 0.5) is 4.39 Å². The van der Waals surface area contributed by atoms with Gasteiger partial charge in [0.15, 0.2) is 0 Å². The average molecular weight is 486 g/mol. The summed E-state index contributed by atoms with van der Waals surface area (Å²) in [5.41, 5.74) is 0.284. The van der Waals surface area contributed by atoms with Crippen LogP contribution < -0.4 is 4.72 Å². The molecule has 0 spiro atoms. The van der Waals surface area contributed by atoms with E-state index in [1.807, 2.05) is 0 Å². The largest absolute Gasteiger partial charge is 0.383 e. The van der Waals surface area contributed by atoms with Crippen molar-refractivity contribution in [1.29, 1.82) is 0 Å². The second kappa shape index (κ2) is 10.0. The summed E-state index contributed by atoms with van der Waals surface area (Å²) in [5.74, 6) is -1.16. The highest BCUT2D eigenvalue weighted by Crippen LogP contribution is 2.21. The van der Waals surface area contributed by atoms with Gasteiger partial charge in [0.1, 0.15) is 10.7 Å². The topological polar surface area (TPSA) is 113 Å². The number of carbonyl (C=O) groups excluding carboxylic acids is 1. The van der Waals surface area contributed by atoms with E-state index < -0.39 is 30.8 Å². The minimum absolute atomic E-state index is 0.0194. The van der Waals surface area contributed by atoms with Gasteiger partial charge in [-0.25, -0.2) is 25.9 Å². The zero-order valence-electron chi connectivity index (χ0n) is 17.4. The average Bonchev–Trinajstić information content (AvgIpc) is 2.79. The van der Waals surface area contributed by atoms with E-state index in [9.17, 15) is 26.0 Å². The van der Waals surface area contributed by atoms with Crippen LogP contribution in [-0.4, -0.2) is 78.4 Å². The van der Waals surface area contributed by atoms with Crippen LogP contribution >= 0.6 is 0 Å². The van der Waals surface area contributed by atoms with Gasteiger partial charge >= 0.3 is 0 Å². The molecule has 174 valence electrons. The van der Waals surface area contributed by atoms with Gasteiger partial charge in [0.25, 0.3) is 5.91 Å². The van der Waals surface area contributed by atoms with E-state index in [-0.39, 0.29) is 55.7 Å². The van der Waals surface area contributed by atoms with Crippen LogP contribution in [0.5, 0.6) is 0 Å². The van der Waals surface area contributed by atoms with Gasteiger partial charge in [-0.05, 0) is 36.4 Å². The van der Waals surface area contributed by atoms with E-state index in [2.05, 4.69) is 4.72 Å². The standard InChI is InChI=1S/C20H24FN3O6S2/c1-30-15-10-22-31(26,27)17-8-6-16(7-9-17)20(25)23-11-13-24(14-12-23)32(28,29)19-5-3-2-4-18(19)21/h2-9,22H,10-15H2,1H3. The van der Waals surface area contributed by atoms with Crippen LogP contribution in [0, 0.1) is 5.82 Å². The zero-order chi connectivity index (χ0) is 23.4. The van der Waals surface area contributed by atoms with E-state index in [4.69, 9.17) is 4.74 Å². The number of ether oxygens (including phenoxy) is 1. The minimum atomic E-state index is -4.00. The van der Waals surface area contributed by atoms with Crippen LogP contribution in [0.1, 0.15) is 10.4 Å². The number of nitrogens with zero attached hydrogens (tertiary/aromatic N) is 2. The summed E-state index contributed by atoms with van der Waals surface area (Å²) in [4.78, 5) is 13.9. The maximum Gasteiger partial charge on any atom is 0.253 e. The maximum atomic E-state index is 13.9. The fourth-order valence-corrected chi connectivity index (χ4v) is 5.75. The number of rotatable bonds is 8. The molecule has 9 nitrogen and oxygen atoms in total. The highest BCUT2D eigenvalue weighted by atomic mass is 32.2. The first kappa shape index (κ1) is 24.3. The molecule has 3 rings (SSSR count). The van der Waals surface area contributed by atoms with Gasteiger partial charge < -0.3 is 9.64 Å². The highest BCUT2D eigenvalue weighted by molar-refractivity contribution is 7.89. The number of carbonyl (C=O) groups is 1. The fourth-order valence-electron chi connectivity index (χ4n) is 3.25. The second-order valence-electron chi connectivity index (χ2n) is 7.04. The van der Waals surface area contributed by atoms with Crippen molar-refractivity contribution in [2.75, 3.05) is 46.4 Å². The molecule has 0 radical (unpaired) electrons. The monoisotopic (exact) mass is 485 g/mol. The first-order chi connectivity index (χ1) is 15.2. The molecule has 0 aliphatic carbocycles. The normalized spacial score (nSPS) is 15.6. The smallest absolute Gasteiger partial charge is 0.253 e. The number of piperazine rings is 1. The van der Waals surface area contributed by atoms with E-state index in [1.165, 1.54) is 54.5 Å². The third kappa shape index (κ3) is 5.33. The molecule has 2 aromatic carbocycles. The maximum absolute atomic E-state index is 13.9. The second-order valence-corrected chi connectivity index (χ2v) is 10.7.